The van der Waals surface area contributed by atoms with Crippen LogP contribution in [0.15, 0.2) is 4.52 Å². The summed E-state index contributed by atoms with van der Waals surface area (Å²) >= 11 is 0. The molecule has 0 radical (unpaired) electrons. The Hall–Kier alpha value is -0.900. The Morgan fingerprint density at radius 2 is 1.74 bits per heavy atom. The van der Waals surface area contributed by atoms with Crippen LogP contribution in [0.5, 0.6) is 0 Å². The number of rotatable bonds is 4. The number of aromatic nitrogens is 2. The largest absolute Gasteiger partial charge is 0.339 e. The van der Waals surface area contributed by atoms with Crippen LogP contribution in [0, 0.1) is 23.2 Å². The quantitative estimate of drug-likeness (QED) is 0.903. The molecule has 4 bridgehead atoms. The highest BCUT2D eigenvalue weighted by Gasteiger charge is 2.51. The highest BCUT2D eigenvalue weighted by atomic mass is 16.5. The standard InChI is InChI=1S/C15H23N3O/c16-2-1-14-17-13(18-19-14)9-15-6-10-3-11(7-15)5-12(4-10)8-15/h10-12H,1-9,16H2. The second-order valence-electron chi connectivity index (χ2n) is 7.24. The van der Waals surface area contributed by atoms with Crippen molar-refractivity contribution in [3.05, 3.63) is 11.7 Å². The van der Waals surface area contributed by atoms with Crippen molar-refractivity contribution in [3.63, 3.8) is 0 Å². The zero-order chi connectivity index (χ0) is 12.9. The SMILES string of the molecule is NCCc1nc(CC23CC4CC(CC(C4)C2)C3)no1. The number of hydrogen-bond donors (Lipinski definition) is 1. The predicted octanol–water partition coefficient (Wildman–Crippen LogP) is 2.33. The van der Waals surface area contributed by atoms with Gasteiger partial charge in [0.25, 0.3) is 0 Å². The first-order chi connectivity index (χ1) is 9.25. The Kier molecular flexibility index (Phi) is 2.69. The lowest BCUT2D eigenvalue weighted by Crippen LogP contribution is -2.47. The zero-order valence-electron chi connectivity index (χ0n) is 11.5. The van der Waals surface area contributed by atoms with Gasteiger partial charge < -0.3 is 10.3 Å². The van der Waals surface area contributed by atoms with E-state index < -0.39 is 0 Å². The first-order valence-electron chi connectivity index (χ1n) is 7.76. The molecule has 0 saturated heterocycles. The van der Waals surface area contributed by atoms with Gasteiger partial charge in [-0.15, -0.1) is 0 Å². The van der Waals surface area contributed by atoms with Gasteiger partial charge in [0, 0.05) is 19.4 Å². The normalized spacial score (nSPS) is 39.9. The molecule has 0 amide bonds. The average Bonchev–Trinajstić information content (AvgIpc) is 2.74. The molecule has 0 atom stereocenters. The van der Waals surface area contributed by atoms with Crippen LogP contribution in [-0.2, 0) is 12.8 Å². The Bertz CT molecular complexity index is 432. The molecular weight excluding hydrogens is 238 g/mol. The van der Waals surface area contributed by atoms with E-state index in [4.69, 9.17) is 10.3 Å². The second-order valence-corrected chi connectivity index (χ2v) is 7.24. The van der Waals surface area contributed by atoms with Crippen molar-refractivity contribution in [2.24, 2.45) is 28.9 Å². The van der Waals surface area contributed by atoms with E-state index in [1.807, 2.05) is 0 Å². The maximum absolute atomic E-state index is 5.53. The third-order valence-corrected chi connectivity index (χ3v) is 5.57. The molecule has 5 rings (SSSR count). The molecule has 0 spiro atoms. The first-order valence-corrected chi connectivity index (χ1v) is 7.76. The monoisotopic (exact) mass is 261 g/mol. The molecule has 0 aromatic carbocycles. The van der Waals surface area contributed by atoms with Gasteiger partial charge in [0.05, 0.1) is 0 Å². The molecule has 4 aliphatic carbocycles. The minimum atomic E-state index is 0.499. The minimum Gasteiger partial charge on any atom is -0.339 e. The Morgan fingerprint density at radius 3 is 2.32 bits per heavy atom. The van der Waals surface area contributed by atoms with E-state index in [-0.39, 0.29) is 0 Å². The molecule has 4 nitrogen and oxygen atoms in total. The Balaban J connectivity index is 1.52. The van der Waals surface area contributed by atoms with Gasteiger partial charge in [-0.3, -0.25) is 0 Å². The smallest absolute Gasteiger partial charge is 0.227 e. The molecule has 19 heavy (non-hydrogen) atoms. The predicted molar refractivity (Wildman–Crippen MR) is 71.4 cm³/mol. The fourth-order valence-electron chi connectivity index (χ4n) is 5.43. The van der Waals surface area contributed by atoms with Crippen molar-refractivity contribution < 1.29 is 4.52 Å². The average molecular weight is 261 g/mol. The summed E-state index contributed by atoms with van der Waals surface area (Å²) in [5.41, 5.74) is 6.03. The molecule has 104 valence electrons. The summed E-state index contributed by atoms with van der Waals surface area (Å²) in [6.45, 7) is 0.582. The van der Waals surface area contributed by atoms with E-state index >= 15 is 0 Å². The summed E-state index contributed by atoms with van der Waals surface area (Å²) in [4.78, 5) is 4.52. The van der Waals surface area contributed by atoms with Crippen LogP contribution >= 0.6 is 0 Å². The van der Waals surface area contributed by atoms with Gasteiger partial charge in [0.2, 0.25) is 5.89 Å². The fourth-order valence-corrected chi connectivity index (χ4v) is 5.43. The number of nitrogens with two attached hydrogens (primary N) is 1. The van der Waals surface area contributed by atoms with Gasteiger partial charge in [0.1, 0.15) is 0 Å². The highest BCUT2D eigenvalue weighted by molar-refractivity contribution is 5.05. The number of nitrogens with zero attached hydrogens (tertiary/aromatic N) is 2. The minimum absolute atomic E-state index is 0.499. The van der Waals surface area contributed by atoms with Crippen LogP contribution in [0.25, 0.3) is 0 Å². The third-order valence-electron chi connectivity index (χ3n) is 5.57. The summed E-state index contributed by atoms with van der Waals surface area (Å²) in [6, 6.07) is 0. The maximum atomic E-state index is 5.53. The van der Waals surface area contributed by atoms with Gasteiger partial charge in [-0.2, -0.15) is 4.98 Å². The lowest BCUT2D eigenvalue weighted by molar-refractivity contribution is -0.0533. The van der Waals surface area contributed by atoms with E-state index in [9.17, 15) is 0 Å². The van der Waals surface area contributed by atoms with Crippen LogP contribution in [0.4, 0.5) is 0 Å². The molecule has 1 aromatic rings. The Morgan fingerprint density at radius 1 is 1.11 bits per heavy atom. The van der Waals surface area contributed by atoms with E-state index in [0.717, 1.165) is 30.0 Å². The molecular formula is C15H23N3O. The van der Waals surface area contributed by atoms with Gasteiger partial charge in [-0.05, 0) is 61.7 Å². The van der Waals surface area contributed by atoms with Crippen LogP contribution in [-0.4, -0.2) is 16.7 Å². The number of hydrogen-bond acceptors (Lipinski definition) is 4. The van der Waals surface area contributed by atoms with Gasteiger partial charge in [-0.25, -0.2) is 0 Å². The molecule has 2 N–H and O–H groups in total. The van der Waals surface area contributed by atoms with Gasteiger partial charge in [-0.1, -0.05) is 5.16 Å². The summed E-state index contributed by atoms with van der Waals surface area (Å²) in [5, 5.41) is 4.17. The maximum Gasteiger partial charge on any atom is 0.227 e. The van der Waals surface area contributed by atoms with Crippen molar-refractivity contribution >= 4 is 0 Å². The van der Waals surface area contributed by atoms with Crippen LogP contribution in [0.2, 0.25) is 0 Å². The molecule has 1 aromatic heterocycles. The van der Waals surface area contributed by atoms with Crippen LogP contribution in [0.3, 0.4) is 0 Å². The summed E-state index contributed by atoms with van der Waals surface area (Å²) < 4.78 is 5.28. The summed E-state index contributed by atoms with van der Waals surface area (Å²) in [5.74, 6) is 4.60. The lowest BCUT2D eigenvalue weighted by atomic mass is 9.49. The molecule has 4 saturated carbocycles. The van der Waals surface area contributed by atoms with Crippen molar-refractivity contribution in [3.8, 4) is 0 Å². The van der Waals surface area contributed by atoms with Crippen molar-refractivity contribution in [2.45, 2.75) is 51.4 Å². The molecule has 0 unspecified atom stereocenters. The van der Waals surface area contributed by atoms with Crippen LogP contribution in [0.1, 0.15) is 50.2 Å². The van der Waals surface area contributed by atoms with Crippen molar-refractivity contribution in [1.29, 1.82) is 0 Å². The van der Waals surface area contributed by atoms with Crippen molar-refractivity contribution in [2.75, 3.05) is 6.54 Å². The van der Waals surface area contributed by atoms with Crippen LogP contribution < -0.4 is 5.73 Å². The van der Waals surface area contributed by atoms with E-state index in [2.05, 4.69) is 10.1 Å². The summed E-state index contributed by atoms with van der Waals surface area (Å²) in [7, 11) is 0. The van der Waals surface area contributed by atoms with Gasteiger partial charge in [0.15, 0.2) is 5.82 Å². The van der Waals surface area contributed by atoms with E-state index in [0.29, 0.717) is 24.3 Å². The molecule has 4 aliphatic rings. The second kappa shape index (κ2) is 4.30. The molecule has 4 fully saturated rings. The van der Waals surface area contributed by atoms with Gasteiger partial charge >= 0.3 is 0 Å². The fraction of sp³-hybridized carbons (Fsp3) is 0.867. The highest BCUT2D eigenvalue weighted by Crippen LogP contribution is 2.60. The molecule has 0 aliphatic heterocycles. The lowest BCUT2D eigenvalue weighted by Gasteiger charge is -2.56. The van der Waals surface area contributed by atoms with E-state index in [1.165, 1.54) is 38.5 Å². The molecule has 4 heteroatoms. The van der Waals surface area contributed by atoms with Crippen molar-refractivity contribution in [1.82, 2.24) is 10.1 Å². The summed E-state index contributed by atoms with van der Waals surface area (Å²) in [6.07, 6.45) is 10.4. The topological polar surface area (TPSA) is 64.9 Å². The third kappa shape index (κ3) is 2.10. The Labute approximate surface area is 114 Å². The zero-order valence-corrected chi connectivity index (χ0v) is 11.5. The van der Waals surface area contributed by atoms with E-state index in [1.54, 1.807) is 0 Å². The first kappa shape index (κ1) is 11.9. The molecule has 1 heterocycles.